The van der Waals surface area contributed by atoms with Crippen molar-refractivity contribution < 1.29 is 22.7 Å². The van der Waals surface area contributed by atoms with Crippen molar-refractivity contribution in [2.24, 2.45) is 0 Å². The van der Waals surface area contributed by atoms with Gasteiger partial charge >= 0.3 is 0 Å². The van der Waals surface area contributed by atoms with Gasteiger partial charge in [-0.25, -0.2) is 8.42 Å². The van der Waals surface area contributed by atoms with Crippen LogP contribution in [-0.4, -0.2) is 34.6 Å². The molecule has 3 aromatic rings. The molecule has 0 aromatic heterocycles. The van der Waals surface area contributed by atoms with E-state index in [0.717, 1.165) is 15.6 Å². The first-order valence-corrected chi connectivity index (χ1v) is 12.4. The van der Waals surface area contributed by atoms with E-state index in [1.54, 1.807) is 37.4 Å². The van der Waals surface area contributed by atoms with Crippen LogP contribution in [0.4, 0.5) is 11.4 Å². The second kappa shape index (κ2) is 10.8. The number of benzene rings is 3. The number of methoxy groups -OCH3 is 1. The highest BCUT2D eigenvalue weighted by Gasteiger charge is 2.17. The molecule has 0 aliphatic carbocycles. The van der Waals surface area contributed by atoms with Gasteiger partial charge in [-0.15, -0.1) is 0 Å². The first kappa shape index (κ1) is 24.8. The van der Waals surface area contributed by atoms with Crippen molar-refractivity contribution in [2.75, 3.05) is 30.4 Å². The largest absolute Gasteiger partial charge is 0.490 e. The second-order valence-corrected chi connectivity index (χ2v) is 9.96. The van der Waals surface area contributed by atoms with Crippen molar-refractivity contribution in [3.8, 4) is 5.75 Å². The van der Waals surface area contributed by atoms with Gasteiger partial charge in [0, 0.05) is 23.0 Å². The molecule has 7 nitrogen and oxygen atoms in total. The lowest BCUT2D eigenvalue weighted by molar-refractivity contribution is 0.101. The maximum absolute atomic E-state index is 12.8. The summed E-state index contributed by atoms with van der Waals surface area (Å²) in [5, 5.41) is 2.77. The number of amides is 1. The van der Waals surface area contributed by atoms with E-state index in [1.165, 1.54) is 24.3 Å². The van der Waals surface area contributed by atoms with E-state index in [-0.39, 0.29) is 10.8 Å². The van der Waals surface area contributed by atoms with E-state index in [9.17, 15) is 13.2 Å². The Labute approximate surface area is 202 Å². The Kier molecular flexibility index (Phi) is 8.12. The SMILES string of the molecule is COCCOc1ccc(Br)cc1C(=O)Nc1ccc(S(=O)(=O)Nc2ccc(C)c(C)c2)cc1. The van der Waals surface area contributed by atoms with E-state index in [0.29, 0.717) is 35.9 Å². The number of halogens is 1. The summed E-state index contributed by atoms with van der Waals surface area (Å²) in [7, 11) is -2.20. The Morgan fingerprint density at radius 2 is 1.61 bits per heavy atom. The number of carbonyl (C=O) groups is 1. The van der Waals surface area contributed by atoms with Crippen LogP contribution in [0.2, 0.25) is 0 Å². The van der Waals surface area contributed by atoms with Crippen molar-refractivity contribution in [1.82, 2.24) is 0 Å². The Balaban J connectivity index is 1.73. The molecule has 0 radical (unpaired) electrons. The van der Waals surface area contributed by atoms with E-state index < -0.39 is 10.0 Å². The highest BCUT2D eigenvalue weighted by molar-refractivity contribution is 9.10. The van der Waals surface area contributed by atoms with Gasteiger partial charge in [0.1, 0.15) is 12.4 Å². The van der Waals surface area contributed by atoms with Crippen molar-refractivity contribution in [3.05, 3.63) is 81.8 Å². The quantitative estimate of drug-likeness (QED) is 0.372. The fourth-order valence-corrected chi connectivity index (χ4v) is 4.39. The van der Waals surface area contributed by atoms with Gasteiger partial charge in [-0.05, 0) is 79.6 Å². The molecule has 0 aliphatic rings. The third-order valence-corrected chi connectivity index (χ3v) is 6.80. The molecule has 0 aliphatic heterocycles. The molecule has 1 amide bonds. The van der Waals surface area contributed by atoms with Gasteiger partial charge in [-0.1, -0.05) is 22.0 Å². The molecule has 9 heteroatoms. The smallest absolute Gasteiger partial charge is 0.261 e. The van der Waals surface area contributed by atoms with Crippen LogP contribution in [0.1, 0.15) is 21.5 Å². The van der Waals surface area contributed by atoms with Gasteiger partial charge in [-0.2, -0.15) is 0 Å². The lowest BCUT2D eigenvalue weighted by atomic mass is 10.1. The van der Waals surface area contributed by atoms with Gasteiger partial charge in [-0.3, -0.25) is 9.52 Å². The van der Waals surface area contributed by atoms with Crippen LogP contribution in [0.25, 0.3) is 0 Å². The molecule has 0 fully saturated rings. The molecule has 174 valence electrons. The number of hydrogen-bond donors (Lipinski definition) is 2. The highest BCUT2D eigenvalue weighted by atomic mass is 79.9. The molecule has 0 atom stereocenters. The van der Waals surface area contributed by atoms with Crippen LogP contribution in [-0.2, 0) is 14.8 Å². The fraction of sp³-hybridized carbons (Fsp3) is 0.208. The van der Waals surface area contributed by atoms with Crippen LogP contribution in [0.3, 0.4) is 0 Å². The first-order chi connectivity index (χ1) is 15.7. The molecular formula is C24H25BrN2O5S. The molecule has 0 saturated heterocycles. The molecule has 3 aromatic carbocycles. The zero-order valence-electron chi connectivity index (χ0n) is 18.5. The van der Waals surface area contributed by atoms with Gasteiger partial charge in [0.05, 0.1) is 17.1 Å². The normalized spacial score (nSPS) is 11.2. The molecule has 0 heterocycles. The van der Waals surface area contributed by atoms with Crippen molar-refractivity contribution >= 4 is 43.2 Å². The predicted molar refractivity (Wildman–Crippen MR) is 133 cm³/mol. The summed E-state index contributed by atoms with van der Waals surface area (Å²) in [5.74, 6) is 0.0390. The first-order valence-electron chi connectivity index (χ1n) is 10.1. The average molecular weight is 533 g/mol. The van der Waals surface area contributed by atoms with Gasteiger partial charge in [0.2, 0.25) is 0 Å². The maximum atomic E-state index is 12.8. The third-order valence-electron chi connectivity index (χ3n) is 4.91. The zero-order chi connectivity index (χ0) is 24.0. The number of rotatable bonds is 9. The number of nitrogens with one attached hydrogen (secondary N) is 2. The minimum atomic E-state index is -3.77. The van der Waals surface area contributed by atoms with Crippen molar-refractivity contribution in [2.45, 2.75) is 18.7 Å². The van der Waals surface area contributed by atoms with E-state index in [4.69, 9.17) is 9.47 Å². The molecule has 2 N–H and O–H groups in total. The highest BCUT2D eigenvalue weighted by Crippen LogP contribution is 2.25. The lowest BCUT2D eigenvalue weighted by Crippen LogP contribution is -2.16. The van der Waals surface area contributed by atoms with Crippen molar-refractivity contribution in [3.63, 3.8) is 0 Å². The summed E-state index contributed by atoms with van der Waals surface area (Å²) in [5.41, 5.74) is 3.36. The van der Waals surface area contributed by atoms with Crippen LogP contribution in [0.5, 0.6) is 5.75 Å². The Morgan fingerprint density at radius 3 is 2.27 bits per heavy atom. The second-order valence-electron chi connectivity index (χ2n) is 7.36. The van der Waals surface area contributed by atoms with Crippen LogP contribution in [0, 0.1) is 13.8 Å². The van der Waals surface area contributed by atoms with E-state index in [1.807, 2.05) is 19.9 Å². The Hall–Kier alpha value is -2.88. The van der Waals surface area contributed by atoms with Crippen LogP contribution < -0.4 is 14.8 Å². The number of hydrogen-bond acceptors (Lipinski definition) is 5. The summed E-state index contributed by atoms with van der Waals surface area (Å²) >= 11 is 3.36. The maximum Gasteiger partial charge on any atom is 0.261 e. The van der Waals surface area contributed by atoms with E-state index in [2.05, 4.69) is 26.0 Å². The fourth-order valence-electron chi connectivity index (χ4n) is 2.98. The van der Waals surface area contributed by atoms with Crippen LogP contribution >= 0.6 is 15.9 Å². The number of sulfonamides is 1. The average Bonchev–Trinajstić information content (AvgIpc) is 2.77. The molecule has 3 rings (SSSR count). The van der Waals surface area contributed by atoms with Crippen LogP contribution in [0.15, 0.2) is 70.0 Å². The third kappa shape index (κ3) is 6.56. The minimum Gasteiger partial charge on any atom is -0.490 e. The number of anilines is 2. The molecule has 0 unspecified atom stereocenters. The molecule has 0 saturated carbocycles. The monoisotopic (exact) mass is 532 g/mol. The van der Waals surface area contributed by atoms with E-state index >= 15 is 0 Å². The molecule has 0 bridgehead atoms. The summed E-state index contributed by atoms with van der Waals surface area (Å²) in [4.78, 5) is 12.9. The number of carbonyl (C=O) groups excluding carboxylic acids is 1. The zero-order valence-corrected chi connectivity index (χ0v) is 20.9. The lowest BCUT2D eigenvalue weighted by Gasteiger charge is -2.13. The number of ether oxygens (including phenoxy) is 2. The summed E-state index contributed by atoms with van der Waals surface area (Å²) in [6.07, 6.45) is 0. The minimum absolute atomic E-state index is 0.0878. The predicted octanol–water partition coefficient (Wildman–Crippen LogP) is 5.14. The number of aryl methyl sites for hydroxylation is 2. The van der Waals surface area contributed by atoms with Gasteiger partial charge in [0.15, 0.2) is 0 Å². The molecular weight excluding hydrogens is 508 g/mol. The Morgan fingerprint density at radius 1 is 0.909 bits per heavy atom. The summed E-state index contributed by atoms with van der Waals surface area (Å²) in [6, 6.07) is 16.5. The molecule has 33 heavy (non-hydrogen) atoms. The summed E-state index contributed by atoms with van der Waals surface area (Å²) in [6.45, 7) is 4.58. The van der Waals surface area contributed by atoms with Gasteiger partial charge < -0.3 is 14.8 Å². The standard InChI is InChI=1S/C24H25BrN2O5S/c1-16-4-6-20(14-17(16)2)27-33(29,30)21-9-7-19(8-10-21)26-24(28)22-15-18(25)5-11-23(22)32-13-12-31-3/h4-11,14-15,27H,12-13H2,1-3H3,(H,26,28). The van der Waals surface area contributed by atoms with Gasteiger partial charge in [0.25, 0.3) is 15.9 Å². The van der Waals surface area contributed by atoms with Crippen molar-refractivity contribution in [1.29, 1.82) is 0 Å². The summed E-state index contributed by atoms with van der Waals surface area (Å²) < 4.78 is 39.4. The topological polar surface area (TPSA) is 93.7 Å². The Bertz CT molecular complexity index is 1240. The molecule has 0 spiro atoms.